The highest BCUT2D eigenvalue weighted by atomic mass is 19.4. The fourth-order valence-corrected chi connectivity index (χ4v) is 3.69. The first-order chi connectivity index (χ1) is 16.5. The molecule has 3 aromatic heterocycles. The van der Waals surface area contributed by atoms with Crippen LogP contribution in [0.2, 0.25) is 0 Å². The second-order valence-electron chi connectivity index (χ2n) is 8.11. The highest BCUT2D eigenvalue weighted by Crippen LogP contribution is 2.30. The number of rotatable bonds is 5. The first kappa shape index (κ1) is 24.1. The van der Waals surface area contributed by atoms with Gasteiger partial charge in [-0.25, -0.2) is 9.37 Å². The molecule has 2 N–H and O–H groups in total. The van der Waals surface area contributed by atoms with Gasteiger partial charge in [-0.1, -0.05) is 0 Å². The SMILES string of the molecule is Cc1cc2cc(C(=O)N(Cc3ccc(C(F)(F)F)cn3)[C@H](C)c3ncccc3F)ccc2nc1N. The van der Waals surface area contributed by atoms with E-state index in [0.29, 0.717) is 28.5 Å². The summed E-state index contributed by atoms with van der Waals surface area (Å²) in [6.07, 6.45) is -2.42. The minimum absolute atomic E-state index is 0.0267. The van der Waals surface area contributed by atoms with Gasteiger partial charge in [0.05, 0.1) is 35.1 Å². The number of nitrogens with two attached hydrogens (primary N) is 1. The van der Waals surface area contributed by atoms with Crippen molar-refractivity contribution in [1.82, 2.24) is 19.9 Å². The molecule has 180 valence electrons. The zero-order valence-electron chi connectivity index (χ0n) is 18.8. The second kappa shape index (κ2) is 9.28. The number of carbonyl (C=O) groups is 1. The molecule has 0 aliphatic carbocycles. The number of nitrogens with zero attached hydrogens (tertiary/aromatic N) is 4. The Balaban J connectivity index is 1.73. The lowest BCUT2D eigenvalue weighted by atomic mass is 10.1. The average molecular weight is 483 g/mol. The summed E-state index contributed by atoms with van der Waals surface area (Å²) in [7, 11) is 0. The normalized spacial score (nSPS) is 12.5. The standard InChI is InChI=1S/C25H21F4N5O/c1-14-10-17-11-16(5-8-21(17)33-23(14)30)24(35)34(15(2)22-20(26)4-3-9-31-22)13-19-7-6-18(12-32-19)25(27,28)29/h3-12,15H,13H2,1-2H3,(H2,30,33)/t15-/m1/s1. The van der Waals surface area contributed by atoms with E-state index in [1.165, 1.54) is 29.3 Å². The van der Waals surface area contributed by atoms with E-state index in [9.17, 15) is 22.4 Å². The summed E-state index contributed by atoms with van der Waals surface area (Å²) >= 11 is 0. The van der Waals surface area contributed by atoms with Gasteiger partial charge in [-0.15, -0.1) is 0 Å². The maximum Gasteiger partial charge on any atom is 0.417 e. The number of carbonyl (C=O) groups excluding carboxylic acids is 1. The molecule has 1 aromatic carbocycles. The van der Waals surface area contributed by atoms with Gasteiger partial charge < -0.3 is 10.6 Å². The highest BCUT2D eigenvalue weighted by molar-refractivity contribution is 5.98. The molecule has 6 nitrogen and oxygen atoms in total. The molecule has 1 amide bonds. The monoisotopic (exact) mass is 483 g/mol. The Morgan fingerprint density at radius 3 is 2.54 bits per heavy atom. The van der Waals surface area contributed by atoms with E-state index in [-0.39, 0.29) is 17.9 Å². The van der Waals surface area contributed by atoms with Gasteiger partial charge in [-0.05, 0) is 67.9 Å². The number of hydrogen-bond acceptors (Lipinski definition) is 5. The van der Waals surface area contributed by atoms with Crippen LogP contribution in [0.1, 0.15) is 45.8 Å². The molecule has 0 fully saturated rings. The summed E-state index contributed by atoms with van der Waals surface area (Å²) in [5.74, 6) is -0.696. The molecular weight excluding hydrogens is 462 g/mol. The molecule has 0 bridgehead atoms. The van der Waals surface area contributed by atoms with Crippen molar-refractivity contribution in [3.8, 4) is 0 Å². The fraction of sp³-hybridized carbons (Fsp3) is 0.200. The van der Waals surface area contributed by atoms with Crippen molar-refractivity contribution in [1.29, 1.82) is 0 Å². The lowest BCUT2D eigenvalue weighted by Crippen LogP contribution is -2.34. The molecule has 4 rings (SSSR count). The van der Waals surface area contributed by atoms with Crippen LogP contribution in [0.5, 0.6) is 0 Å². The molecule has 0 radical (unpaired) electrons. The van der Waals surface area contributed by atoms with Crippen LogP contribution in [0, 0.1) is 12.7 Å². The maximum atomic E-state index is 14.5. The van der Waals surface area contributed by atoms with Crippen molar-refractivity contribution >= 4 is 22.6 Å². The van der Waals surface area contributed by atoms with Gasteiger partial charge in [-0.2, -0.15) is 13.2 Å². The van der Waals surface area contributed by atoms with Crippen LogP contribution in [0.3, 0.4) is 0 Å². The summed E-state index contributed by atoms with van der Waals surface area (Å²) in [5.41, 5.74) is 6.84. The van der Waals surface area contributed by atoms with Gasteiger partial charge in [0.15, 0.2) is 0 Å². The quantitative estimate of drug-likeness (QED) is 0.380. The van der Waals surface area contributed by atoms with Gasteiger partial charge in [0.2, 0.25) is 0 Å². The van der Waals surface area contributed by atoms with E-state index in [2.05, 4.69) is 15.0 Å². The lowest BCUT2D eigenvalue weighted by Gasteiger charge is -2.29. The van der Waals surface area contributed by atoms with Crippen molar-refractivity contribution in [3.63, 3.8) is 0 Å². The number of nitrogen functional groups attached to an aromatic ring is 1. The molecule has 0 unspecified atom stereocenters. The van der Waals surface area contributed by atoms with Gasteiger partial charge in [0.25, 0.3) is 5.91 Å². The first-order valence-electron chi connectivity index (χ1n) is 10.6. The number of hydrogen-bond donors (Lipinski definition) is 1. The van der Waals surface area contributed by atoms with Crippen molar-refractivity contribution in [2.45, 2.75) is 32.6 Å². The minimum atomic E-state index is -4.54. The predicted octanol–water partition coefficient (Wildman–Crippen LogP) is 5.48. The van der Waals surface area contributed by atoms with E-state index in [1.54, 1.807) is 38.1 Å². The average Bonchev–Trinajstić information content (AvgIpc) is 2.82. The molecule has 0 aliphatic heterocycles. The van der Waals surface area contributed by atoms with E-state index in [0.717, 1.165) is 11.6 Å². The summed E-state index contributed by atoms with van der Waals surface area (Å²) in [4.78, 5) is 27.2. The van der Waals surface area contributed by atoms with Crippen LogP contribution in [-0.4, -0.2) is 25.8 Å². The molecule has 35 heavy (non-hydrogen) atoms. The summed E-state index contributed by atoms with van der Waals surface area (Å²) < 4.78 is 53.3. The van der Waals surface area contributed by atoms with Crippen LogP contribution in [0.4, 0.5) is 23.4 Å². The number of fused-ring (bicyclic) bond motifs is 1. The Morgan fingerprint density at radius 1 is 1.11 bits per heavy atom. The van der Waals surface area contributed by atoms with Crippen molar-refractivity contribution in [2.24, 2.45) is 0 Å². The van der Waals surface area contributed by atoms with Crippen molar-refractivity contribution in [2.75, 3.05) is 5.73 Å². The molecule has 4 aromatic rings. The number of aromatic nitrogens is 3. The second-order valence-corrected chi connectivity index (χ2v) is 8.11. The molecule has 1 atom stereocenters. The van der Waals surface area contributed by atoms with Crippen molar-refractivity contribution < 1.29 is 22.4 Å². The molecular formula is C25H21F4N5O. The van der Waals surface area contributed by atoms with Crippen LogP contribution >= 0.6 is 0 Å². The minimum Gasteiger partial charge on any atom is -0.383 e. The lowest BCUT2D eigenvalue weighted by molar-refractivity contribution is -0.137. The van der Waals surface area contributed by atoms with E-state index < -0.39 is 29.5 Å². The van der Waals surface area contributed by atoms with Gasteiger partial charge in [-0.3, -0.25) is 14.8 Å². The number of alkyl halides is 3. The van der Waals surface area contributed by atoms with Crippen LogP contribution in [0.25, 0.3) is 10.9 Å². The molecule has 10 heteroatoms. The third kappa shape index (κ3) is 5.06. The van der Waals surface area contributed by atoms with Crippen LogP contribution in [0.15, 0.2) is 60.9 Å². The fourth-order valence-electron chi connectivity index (χ4n) is 3.69. The third-order valence-electron chi connectivity index (χ3n) is 5.69. The highest BCUT2D eigenvalue weighted by Gasteiger charge is 2.31. The zero-order valence-corrected chi connectivity index (χ0v) is 18.8. The number of amides is 1. The van der Waals surface area contributed by atoms with Crippen LogP contribution < -0.4 is 5.73 Å². The molecule has 0 saturated heterocycles. The summed E-state index contributed by atoms with van der Waals surface area (Å²) in [6, 6.07) is 10.6. The topological polar surface area (TPSA) is 85.0 Å². The van der Waals surface area contributed by atoms with Gasteiger partial charge in [0, 0.05) is 23.3 Å². The Morgan fingerprint density at radius 2 is 1.89 bits per heavy atom. The largest absolute Gasteiger partial charge is 0.417 e. The zero-order chi connectivity index (χ0) is 25.3. The number of pyridine rings is 3. The molecule has 0 saturated carbocycles. The predicted molar refractivity (Wildman–Crippen MR) is 123 cm³/mol. The van der Waals surface area contributed by atoms with Gasteiger partial charge >= 0.3 is 6.18 Å². The summed E-state index contributed by atoms with van der Waals surface area (Å²) in [5, 5.41) is 0.687. The molecule has 0 aliphatic rings. The number of anilines is 1. The van der Waals surface area contributed by atoms with Gasteiger partial charge in [0.1, 0.15) is 11.6 Å². The summed E-state index contributed by atoms with van der Waals surface area (Å²) in [6.45, 7) is 3.23. The molecule has 0 spiro atoms. The number of benzene rings is 1. The maximum absolute atomic E-state index is 14.5. The Kier molecular flexibility index (Phi) is 6.38. The molecule has 3 heterocycles. The number of halogens is 4. The third-order valence-corrected chi connectivity index (χ3v) is 5.69. The Bertz CT molecular complexity index is 1390. The smallest absolute Gasteiger partial charge is 0.383 e. The Labute approximate surface area is 198 Å². The number of aryl methyl sites for hydroxylation is 1. The van der Waals surface area contributed by atoms with E-state index >= 15 is 0 Å². The van der Waals surface area contributed by atoms with Crippen LogP contribution in [-0.2, 0) is 12.7 Å². The Hall–Kier alpha value is -4.08. The van der Waals surface area contributed by atoms with Crippen molar-refractivity contribution in [3.05, 3.63) is 94.8 Å². The van der Waals surface area contributed by atoms with E-state index in [4.69, 9.17) is 5.73 Å². The first-order valence-corrected chi connectivity index (χ1v) is 10.6. The van der Waals surface area contributed by atoms with E-state index in [1.807, 2.05) is 0 Å².